The third kappa shape index (κ3) is 5.14. The number of hydrazone groups is 1. The lowest BCUT2D eigenvalue weighted by Gasteiger charge is -2.12. The van der Waals surface area contributed by atoms with Crippen LogP contribution in [-0.4, -0.2) is 31.1 Å². The van der Waals surface area contributed by atoms with Gasteiger partial charge in [-0.25, -0.2) is 8.42 Å². The molecule has 2 N–H and O–H groups in total. The molecular weight excluding hydrogens is 422 g/mol. The molecule has 2 aromatic carbocycles. The maximum Gasteiger partial charge on any atom is 0.295 e. The predicted octanol–water partition coefficient (Wildman–Crippen LogP) is 3.64. The lowest BCUT2D eigenvalue weighted by molar-refractivity contribution is -0.384. The van der Waals surface area contributed by atoms with Gasteiger partial charge in [0.2, 0.25) is 0 Å². The summed E-state index contributed by atoms with van der Waals surface area (Å²) < 4.78 is 33.0. The van der Waals surface area contributed by atoms with Gasteiger partial charge in [0.05, 0.1) is 34.0 Å². The van der Waals surface area contributed by atoms with Gasteiger partial charge in [-0.05, 0) is 43.3 Å². The number of pyridine rings is 1. The summed E-state index contributed by atoms with van der Waals surface area (Å²) in [5.74, 6) is 0.318. The number of nitrogens with zero attached hydrogens (tertiary/aromatic N) is 3. The first kappa shape index (κ1) is 21.7. The fourth-order valence-corrected chi connectivity index (χ4v) is 3.72. The van der Waals surface area contributed by atoms with Gasteiger partial charge in [-0.3, -0.25) is 25.2 Å². The van der Waals surface area contributed by atoms with Crippen molar-refractivity contribution in [2.24, 2.45) is 5.10 Å². The summed E-state index contributed by atoms with van der Waals surface area (Å²) in [5, 5.41) is 15.7. The molecule has 0 saturated heterocycles. The Kier molecular flexibility index (Phi) is 6.46. The molecule has 3 rings (SSSR count). The molecular formula is C20H19N5O5S. The quantitative estimate of drug-likeness (QED) is 0.309. The maximum atomic E-state index is 12.8. The topological polar surface area (TPSA) is 136 Å². The van der Waals surface area contributed by atoms with Crippen molar-refractivity contribution >= 4 is 32.8 Å². The van der Waals surface area contributed by atoms with Crippen LogP contribution in [-0.2, 0) is 10.0 Å². The van der Waals surface area contributed by atoms with Crippen molar-refractivity contribution in [3.63, 3.8) is 0 Å². The van der Waals surface area contributed by atoms with Crippen LogP contribution in [0.4, 0.5) is 17.1 Å². The zero-order valence-electron chi connectivity index (χ0n) is 16.6. The average Bonchev–Trinajstić information content (AvgIpc) is 2.78. The van der Waals surface area contributed by atoms with Crippen molar-refractivity contribution in [1.82, 2.24) is 4.98 Å². The Labute approximate surface area is 178 Å². The molecule has 10 nitrogen and oxygen atoms in total. The molecule has 31 heavy (non-hydrogen) atoms. The van der Waals surface area contributed by atoms with Crippen LogP contribution in [0, 0.1) is 10.1 Å². The van der Waals surface area contributed by atoms with Crippen molar-refractivity contribution < 1.29 is 18.1 Å². The number of sulfonamides is 1. The van der Waals surface area contributed by atoms with Crippen LogP contribution in [0.25, 0.3) is 0 Å². The van der Waals surface area contributed by atoms with E-state index in [0.29, 0.717) is 17.2 Å². The zero-order chi connectivity index (χ0) is 22.4. The van der Waals surface area contributed by atoms with E-state index in [-0.39, 0.29) is 16.3 Å². The lowest BCUT2D eigenvalue weighted by atomic mass is 10.2. The van der Waals surface area contributed by atoms with E-state index >= 15 is 0 Å². The molecule has 3 aromatic rings. The predicted molar refractivity (Wildman–Crippen MR) is 117 cm³/mol. The molecule has 0 saturated carbocycles. The minimum Gasteiger partial charge on any atom is -0.495 e. The largest absolute Gasteiger partial charge is 0.495 e. The van der Waals surface area contributed by atoms with E-state index in [2.05, 4.69) is 20.2 Å². The fraction of sp³-hybridized carbons (Fsp3) is 0.100. The van der Waals surface area contributed by atoms with Crippen molar-refractivity contribution in [2.45, 2.75) is 11.8 Å². The smallest absolute Gasteiger partial charge is 0.295 e. The highest BCUT2D eigenvalue weighted by atomic mass is 32.2. The summed E-state index contributed by atoms with van der Waals surface area (Å²) in [5.41, 5.74) is 3.52. The summed E-state index contributed by atoms with van der Waals surface area (Å²) in [6, 6.07) is 15.2. The molecule has 0 spiro atoms. The van der Waals surface area contributed by atoms with Gasteiger partial charge in [-0.15, -0.1) is 0 Å². The molecule has 0 atom stereocenters. The highest BCUT2D eigenvalue weighted by Gasteiger charge is 2.22. The number of methoxy groups -OCH3 is 1. The van der Waals surface area contributed by atoms with Crippen LogP contribution in [0.3, 0.4) is 0 Å². The molecule has 0 bridgehead atoms. The van der Waals surface area contributed by atoms with Crippen LogP contribution >= 0.6 is 0 Å². The van der Waals surface area contributed by atoms with Gasteiger partial charge in [-0.1, -0.05) is 18.2 Å². The number of nitro benzene ring substituents is 1. The second kappa shape index (κ2) is 9.22. The third-order valence-electron chi connectivity index (χ3n) is 4.21. The number of hydrogen-bond acceptors (Lipinski definition) is 8. The van der Waals surface area contributed by atoms with Crippen LogP contribution in [0.1, 0.15) is 12.6 Å². The second-order valence-electron chi connectivity index (χ2n) is 6.27. The normalized spacial score (nSPS) is 11.6. The first-order valence-corrected chi connectivity index (χ1v) is 10.5. The fourth-order valence-electron chi connectivity index (χ4n) is 2.63. The maximum absolute atomic E-state index is 12.8. The van der Waals surface area contributed by atoms with E-state index in [1.165, 1.54) is 25.3 Å². The van der Waals surface area contributed by atoms with Gasteiger partial charge < -0.3 is 4.74 Å². The Morgan fingerprint density at radius 2 is 1.84 bits per heavy atom. The van der Waals surface area contributed by atoms with Crippen molar-refractivity contribution in [1.29, 1.82) is 0 Å². The number of aromatic nitrogens is 1. The molecule has 0 radical (unpaired) electrons. The van der Waals surface area contributed by atoms with Crippen LogP contribution < -0.4 is 14.9 Å². The summed E-state index contributed by atoms with van der Waals surface area (Å²) in [7, 11) is -2.69. The minimum absolute atomic E-state index is 0.0384. The van der Waals surface area contributed by atoms with Crippen LogP contribution in [0.5, 0.6) is 5.75 Å². The SMILES string of the molecule is COc1ccccc1NS(=O)(=O)c1ccc(NN=C(C)c2ccccn2)c([N+](=O)[O-])c1. The Morgan fingerprint density at radius 3 is 2.52 bits per heavy atom. The van der Waals surface area contributed by atoms with Crippen molar-refractivity contribution in [3.8, 4) is 5.75 Å². The number of rotatable bonds is 8. The van der Waals surface area contributed by atoms with Gasteiger partial charge in [0.15, 0.2) is 0 Å². The number of nitro groups is 1. The van der Waals surface area contributed by atoms with Gasteiger partial charge in [0.25, 0.3) is 15.7 Å². The summed E-state index contributed by atoms with van der Waals surface area (Å²) in [6.07, 6.45) is 1.60. The molecule has 0 aliphatic rings. The molecule has 0 amide bonds. The molecule has 0 aliphatic heterocycles. The van der Waals surface area contributed by atoms with Crippen LogP contribution in [0.2, 0.25) is 0 Å². The van der Waals surface area contributed by atoms with Crippen molar-refractivity contribution in [3.05, 3.63) is 82.7 Å². The summed E-state index contributed by atoms with van der Waals surface area (Å²) in [4.78, 5) is 14.7. The minimum atomic E-state index is -4.10. The molecule has 1 heterocycles. The van der Waals surface area contributed by atoms with E-state index in [1.807, 2.05) is 0 Å². The van der Waals surface area contributed by atoms with Gasteiger partial charge in [0, 0.05) is 12.3 Å². The molecule has 0 aliphatic carbocycles. The lowest BCUT2D eigenvalue weighted by Crippen LogP contribution is -2.14. The number of ether oxygens (including phenoxy) is 1. The molecule has 0 unspecified atom stereocenters. The first-order valence-electron chi connectivity index (χ1n) is 8.98. The molecule has 1 aromatic heterocycles. The van der Waals surface area contributed by atoms with Gasteiger partial charge >= 0.3 is 0 Å². The monoisotopic (exact) mass is 441 g/mol. The third-order valence-corrected chi connectivity index (χ3v) is 5.57. The number of benzene rings is 2. The molecule has 11 heteroatoms. The Bertz CT molecular complexity index is 1230. The molecule has 0 fully saturated rings. The Morgan fingerprint density at radius 1 is 1.10 bits per heavy atom. The van der Waals surface area contributed by atoms with E-state index < -0.39 is 20.6 Å². The average molecular weight is 441 g/mol. The standard InChI is InChI=1S/C20H19N5O5S/c1-14(16-7-5-6-12-21-16)22-23-17-11-10-15(13-19(17)25(26)27)31(28,29)24-18-8-3-4-9-20(18)30-2/h3-13,23-24H,1-2H3. The van der Waals surface area contributed by atoms with Gasteiger partial charge in [0.1, 0.15) is 11.4 Å². The van der Waals surface area contributed by atoms with E-state index in [9.17, 15) is 18.5 Å². The number of anilines is 2. The first-order chi connectivity index (χ1) is 14.8. The number of para-hydroxylation sites is 2. The Hall–Kier alpha value is -3.99. The second-order valence-corrected chi connectivity index (χ2v) is 7.95. The van der Waals surface area contributed by atoms with Crippen molar-refractivity contribution in [2.75, 3.05) is 17.3 Å². The van der Waals surface area contributed by atoms with E-state index in [1.54, 1.807) is 49.5 Å². The highest BCUT2D eigenvalue weighted by Crippen LogP contribution is 2.30. The van der Waals surface area contributed by atoms with Gasteiger partial charge in [-0.2, -0.15) is 5.10 Å². The van der Waals surface area contributed by atoms with E-state index in [0.717, 1.165) is 6.07 Å². The van der Waals surface area contributed by atoms with E-state index in [4.69, 9.17) is 4.74 Å². The highest BCUT2D eigenvalue weighted by molar-refractivity contribution is 7.92. The summed E-state index contributed by atoms with van der Waals surface area (Å²) in [6.45, 7) is 1.69. The van der Waals surface area contributed by atoms with Crippen LogP contribution in [0.15, 0.2) is 76.9 Å². The number of hydrogen-bond donors (Lipinski definition) is 2. The molecule has 160 valence electrons. The number of nitrogens with one attached hydrogen (secondary N) is 2. The zero-order valence-corrected chi connectivity index (χ0v) is 17.5. The Balaban J connectivity index is 1.90. The summed E-state index contributed by atoms with van der Waals surface area (Å²) >= 11 is 0.